The van der Waals surface area contributed by atoms with Gasteiger partial charge in [-0.05, 0) is 39.2 Å². The highest BCUT2D eigenvalue weighted by Gasteiger charge is 2.31. The van der Waals surface area contributed by atoms with Gasteiger partial charge in [-0.2, -0.15) is 10.1 Å². The summed E-state index contributed by atoms with van der Waals surface area (Å²) >= 11 is 0. The lowest BCUT2D eigenvalue weighted by Crippen LogP contribution is -2.30. The monoisotopic (exact) mass is 337 g/mol. The zero-order valence-electron chi connectivity index (χ0n) is 14.9. The molecule has 0 atom stereocenters. The van der Waals surface area contributed by atoms with Crippen LogP contribution in [-0.2, 0) is 12.1 Å². The molecule has 25 heavy (non-hydrogen) atoms. The van der Waals surface area contributed by atoms with Crippen molar-refractivity contribution in [2.45, 2.75) is 51.7 Å². The first-order chi connectivity index (χ1) is 11.9. The SMILES string of the molecule is CC(C)(C)n1ncc2c(=O)[nH]c(N(Cc3ccccc3)C3CC3)nc21. The number of anilines is 1. The van der Waals surface area contributed by atoms with Crippen molar-refractivity contribution in [3.05, 3.63) is 52.4 Å². The normalized spacial score (nSPS) is 14.8. The Morgan fingerprint density at radius 2 is 1.96 bits per heavy atom. The highest BCUT2D eigenvalue weighted by Crippen LogP contribution is 2.31. The summed E-state index contributed by atoms with van der Waals surface area (Å²) in [5.41, 5.74) is 1.49. The summed E-state index contributed by atoms with van der Waals surface area (Å²) in [7, 11) is 0. The summed E-state index contributed by atoms with van der Waals surface area (Å²) in [5, 5.41) is 4.92. The van der Waals surface area contributed by atoms with Crippen LogP contribution in [0.4, 0.5) is 5.95 Å². The first-order valence-corrected chi connectivity index (χ1v) is 8.72. The van der Waals surface area contributed by atoms with Gasteiger partial charge in [0.15, 0.2) is 5.65 Å². The lowest BCUT2D eigenvalue weighted by Gasteiger charge is -2.24. The van der Waals surface area contributed by atoms with Gasteiger partial charge in [0.05, 0.1) is 11.7 Å². The minimum absolute atomic E-state index is 0.130. The molecule has 1 fully saturated rings. The molecule has 0 radical (unpaired) electrons. The van der Waals surface area contributed by atoms with Gasteiger partial charge < -0.3 is 4.90 Å². The summed E-state index contributed by atoms with van der Waals surface area (Å²) in [4.78, 5) is 22.5. The van der Waals surface area contributed by atoms with Gasteiger partial charge in [0.1, 0.15) is 5.39 Å². The maximum Gasteiger partial charge on any atom is 0.263 e. The van der Waals surface area contributed by atoms with Crippen LogP contribution in [0.25, 0.3) is 11.0 Å². The van der Waals surface area contributed by atoms with E-state index in [-0.39, 0.29) is 11.1 Å². The highest BCUT2D eigenvalue weighted by atomic mass is 16.1. The van der Waals surface area contributed by atoms with E-state index in [0.29, 0.717) is 23.0 Å². The van der Waals surface area contributed by atoms with Gasteiger partial charge in [-0.15, -0.1) is 0 Å². The van der Waals surface area contributed by atoms with E-state index in [9.17, 15) is 4.79 Å². The number of benzene rings is 1. The van der Waals surface area contributed by atoms with Gasteiger partial charge in [0, 0.05) is 12.6 Å². The summed E-state index contributed by atoms with van der Waals surface area (Å²) in [5.74, 6) is 0.634. The number of aromatic amines is 1. The second-order valence-corrected chi connectivity index (χ2v) is 7.70. The second-order valence-electron chi connectivity index (χ2n) is 7.70. The number of hydrogen-bond donors (Lipinski definition) is 1. The van der Waals surface area contributed by atoms with E-state index >= 15 is 0 Å². The predicted octanol–water partition coefficient (Wildman–Crippen LogP) is 3.04. The van der Waals surface area contributed by atoms with Gasteiger partial charge in [-0.25, -0.2) is 4.68 Å². The molecule has 1 saturated carbocycles. The zero-order valence-corrected chi connectivity index (χ0v) is 14.9. The van der Waals surface area contributed by atoms with Gasteiger partial charge in [-0.3, -0.25) is 9.78 Å². The van der Waals surface area contributed by atoms with Gasteiger partial charge >= 0.3 is 0 Å². The van der Waals surface area contributed by atoms with Crippen molar-refractivity contribution < 1.29 is 0 Å². The Kier molecular flexibility index (Phi) is 3.63. The van der Waals surface area contributed by atoms with Crippen molar-refractivity contribution >= 4 is 17.0 Å². The van der Waals surface area contributed by atoms with E-state index in [2.05, 4.69) is 47.9 Å². The largest absolute Gasteiger partial charge is 0.335 e. The molecular formula is C19H23N5O. The number of nitrogens with zero attached hydrogens (tertiary/aromatic N) is 4. The molecule has 3 aromatic rings. The summed E-state index contributed by atoms with van der Waals surface area (Å²) < 4.78 is 1.83. The molecule has 2 heterocycles. The number of fused-ring (bicyclic) bond motifs is 1. The Hall–Kier alpha value is -2.63. The number of nitrogens with one attached hydrogen (secondary N) is 1. The molecule has 1 N–H and O–H groups in total. The van der Waals surface area contributed by atoms with Crippen LogP contribution in [-0.4, -0.2) is 25.8 Å². The van der Waals surface area contributed by atoms with E-state index < -0.39 is 0 Å². The summed E-state index contributed by atoms with van der Waals surface area (Å²) in [6.07, 6.45) is 3.87. The van der Waals surface area contributed by atoms with Gasteiger partial charge in [0.2, 0.25) is 5.95 Å². The third-order valence-corrected chi connectivity index (χ3v) is 4.52. The molecule has 6 nitrogen and oxygen atoms in total. The lowest BCUT2D eigenvalue weighted by atomic mass is 10.1. The molecular weight excluding hydrogens is 314 g/mol. The zero-order chi connectivity index (χ0) is 17.6. The Morgan fingerprint density at radius 1 is 1.24 bits per heavy atom. The standard InChI is InChI=1S/C19H23N5O/c1-19(2,3)24-16-15(11-20-24)17(25)22-18(21-16)23(14-9-10-14)12-13-7-5-4-6-8-13/h4-8,11,14H,9-10,12H2,1-3H3,(H,21,22,25). The lowest BCUT2D eigenvalue weighted by molar-refractivity contribution is 0.366. The molecule has 0 bridgehead atoms. The van der Waals surface area contributed by atoms with Crippen molar-refractivity contribution in [2.24, 2.45) is 0 Å². The van der Waals surface area contributed by atoms with Crippen molar-refractivity contribution in [3.63, 3.8) is 0 Å². The molecule has 0 saturated heterocycles. The van der Waals surface area contributed by atoms with Crippen molar-refractivity contribution in [1.82, 2.24) is 19.7 Å². The highest BCUT2D eigenvalue weighted by molar-refractivity contribution is 5.74. The van der Waals surface area contributed by atoms with E-state index in [1.807, 2.05) is 22.9 Å². The smallest absolute Gasteiger partial charge is 0.263 e. The fourth-order valence-electron chi connectivity index (χ4n) is 3.08. The average Bonchev–Trinajstić information content (AvgIpc) is 3.30. The molecule has 0 spiro atoms. The van der Waals surface area contributed by atoms with Crippen LogP contribution in [0.2, 0.25) is 0 Å². The molecule has 4 rings (SSSR count). The molecule has 1 aromatic carbocycles. The van der Waals surface area contributed by atoms with Crippen LogP contribution in [0.3, 0.4) is 0 Å². The van der Waals surface area contributed by atoms with Crippen LogP contribution in [0, 0.1) is 0 Å². The Balaban J connectivity index is 1.80. The Labute approximate surface area is 146 Å². The number of H-pyrrole nitrogens is 1. The quantitative estimate of drug-likeness (QED) is 0.794. The van der Waals surface area contributed by atoms with Crippen LogP contribution in [0.5, 0.6) is 0 Å². The predicted molar refractivity (Wildman–Crippen MR) is 98.8 cm³/mol. The Bertz CT molecular complexity index is 947. The van der Waals surface area contributed by atoms with Crippen molar-refractivity contribution in [3.8, 4) is 0 Å². The fourth-order valence-corrected chi connectivity index (χ4v) is 3.08. The van der Waals surface area contributed by atoms with Gasteiger partial charge in [-0.1, -0.05) is 30.3 Å². The van der Waals surface area contributed by atoms with Gasteiger partial charge in [0.25, 0.3) is 5.56 Å². The topological polar surface area (TPSA) is 66.8 Å². The number of rotatable bonds is 4. The third kappa shape index (κ3) is 3.04. The molecule has 1 aliphatic carbocycles. The molecule has 0 aliphatic heterocycles. The molecule has 6 heteroatoms. The second kappa shape index (κ2) is 5.72. The van der Waals surface area contributed by atoms with Crippen molar-refractivity contribution in [1.29, 1.82) is 0 Å². The first-order valence-electron chi connectivity index (χ1n) is 8.72. The first kappa shape index (κ1) is 15.9. The summed E-state index contributed by atoms with van der Waals surface area (Å²) in [6.45, 7) is 6.92. The van der Waals surface area contributed by atoms with Crippen LogP contribution >= 0.6 is 0 Å². The van der Waals surface area contributed by atoms with Crippen LogP contribution in [0.15, 0.2) is 41.3 Å². The van der Waals surface area contributed by atoms with E-state index in [4.69, 9.17) is 4.98 Å². The fraction of sp³-hybridized carbons (Fsp3) is 0.421. The molecule has 1 aliphatic rings. The molecule has 130 valence electrons. The van der Waals surface area contributed by atoms with E-state index in [0.717, 1.165) is 19.4 Å². The van der Waals surface area contributed by atoms with Crippen LogP contribution in [0.1, 0.15) is 39.2 Å². The summed E-state index contributed by atoms with van der Waals surface area (Å²) in [6, 6.07) is 10.7. The van der Waals surface area contributed by atoms with E-state index in [1.54, 1.807) is 6.20 Å². The number of hydrogen-bond acceptors (Lipinski definition) is 4. The average molecular weight is 337 g/mol. The number of aromatic nitrogens is 4. The minimum atomic E-state index is -0.232. The van der Waals surface area contributed by atoms with E-state index in [1.165, 1.54) is 5.56 Å². The molecule has 0 amide bonds. The van der Waals surface area contributed by atoms with Crippen molar-refractivity contribution in [2.75, 3.05) is 4.90 Å². The van der Waals surface area contributed by atoms with Crippen LogP contribution < -0.4 is 10.5 Å². The molecule has 0 unspecified atom stereocenters. The third-order valence-electron chi connectivity index (χ3n) is 4.52. The maximum absolute atomic E-state index is 12.6. The Morgan fingerprint density at radius 3 is 2.60 bits per heavy atom. The maximum atomic E-state index is 12.6. The minimum Gasteiger partial charge on any atom is -0.335 e. The molecule has 2 aromatic heterocycles.